The van der Waals surface area contributed by atoms with Crippen molar-refractivity contribution >= 4 is 17.5 Å². The molecule has 0 radical (unpaired) electrons. The van der Waals surface area contributed by atoms with Crippen LogP contribution in [0, 0.1) is 5.41 Å². The maximum atomic E-state index is 12.4. The van der Waals surface area contributed by atoms with E-state index in [1.165, 1.54) is 0 Å². The maximum Gasteiger partial charge on any atom is 0.253 e. The molecule has 4 heteroatoms. The second-order valence-corrected chi connectivity index (χ2v) is 7.00. The molecule has 2 N–H and O–H groups in total. The van der Waals surface area contributed by atoms with Gasteiger partial charge >= 0.3 is 0 Å². The summed E-state index contributed by atoms with van der Waals surface area (Å²) in [5.74, 6) is -0.295. The SMILES string of the molecule is CC(C)(C)CC(=O)Nc1ccccc1C(=O)NCc1ccccc1. The van der Waals surface area contributed by atoms with Crippen molar-refractivity contribution in [2.75, 3.05) is 5.32 Å². The van der Waals surface area contributed by atoms with Gasteiger partial charge in [-0.1, -0.05) is 63.2 Å². The highest BCUT2D eigenvalue weighted by Gasteiger charge is 2.18. The van der Waals surface area contributed by atoms with Gasteiger partial charge in [0.05, 0.1) is 11.3 Å². The predicted octanol–water partition coefficient (Wildman–Crippen LogP) is 3.99. The number of hydrogen-bond acceptors (Lipinski definition) is 2. The highest BCUT2D eigenvalue weighted by Crippen LogP contribution is 2.21. The molecule has 2 rings (SSSR count). The van der Waals surface area contributed by atoms with Gasteiger partial charge in [0.2, 0.25) is 5.91 Å². The molecule has 0 unspecified atom stereocenters. The lowest BCUT2D eigenvalue weighted by atomic mass is 9.92. The zero-order valence-corrected chi connectivity index (χ0v) is 14.4. The second-order valence-electron chi connectivity index (χ2n) is 7.00. The number of amides is 2. The van der Waals surface area contributed by atoms with E-state index in [4.69, 9.17) is 0 Å². The monoisotopic (exact) mass is 324 g/mol. The molecule has 24 heavy (non-hydrogen) atoms. The van der Waals surface area contributed by atoms with E-state index in [9.17, 15) is 9.59 Å². The average molecular weight is 324 g/mol. The summed E-state index contributed by atoms with van der Waals surface area (Å²) < 4.78 is 0. The molecule has 0 atom stereocenters. The number of carbonyl (C=O) groups excluding carboxylic acids is 2. The van der Waals surface area contributed by atoms with Crippen LogP contribution in [0.5, 0.6) is 0 Å². The lowest BCUT2D eigenvalue weighted by molar-refractivity contribution is -0.117. The Labute approximate surface area is 143 Å². The molecule has 0 aromatic heterocycles. The molecule has 0 spiro atoms. The lowest BCUT2D eigenvalue weighted by Crippen LogP contribution is -2.25. The Morgan fingerprint density at radius 1 is 0.917 bits per heavy atom. The van der Waals surface area contributed by atoms with Crippen LogP contribution in [0.3, 0.4) is 0 Å². The highest BCUT2D eigenvalue weighted by molar-refractivity contribution is 6.03. The predicted molar refractivity (Wildman–Crippen MR) is 96.8 cm³/mol. The largest absolute Gasteiger partial charge is 0.348 e. The number of anilines is 1. The van der Waals surface area contributed by atoms with Gasteiger partial charge in [0.25, 0.3) is 5.91 Å². The van der Waals surface area contributed by atoms with Gasteiger partial charge in [0.15, 0.2) is 0 Å². The van der Waals surface area contributed by atoms with Gasteiger partial charge < -0.3 is 10.6 Å². The van der Waals surface area contributed by atoms with Gasteiger partial charge in [-0.15, -0.1) is 0 Å². The summed E-state index contributed by atoms with van der Waals surface area (Å²) in [6.45, 7) is 6.46. The third kappa shape index (κ3) is 5.54. The normalized spacial score (nSPS) is 11.0. The molecule has 4 nitrogen and oxygen atoms in total. The Kier molecular flexibility index (Phi) is 5.74. The molecule has 2 amide bonds. The number of benzene rings is 2. The van der Waals surface area contributed by atoms with Crippen molar-refractivity contribution in [1.82, 2.24) is 5.32 Å². The van der Waals surface area contributed by atoms with Crippen LogP contribution in [0.25, 0.3) is 0 Å². The smallest absolute Gasteiger partial charge is 0.253 e. The van der Waals surface area contributed by atoms with Crippen LogP contribution in [0.15, 0.2) is 54.6 Å². The standard InChI is InChI=1S/C20H24N2O2/c1-20(2,3)13-18(23)22-17-12-8-7-11-16(17)19(24)21-14-15-9-5-4-6-10-15/h4-12H,13-14H2,1-3H3,(H,21,24)(H,22,23). The summed E-state index contributed by atoms with van der Waals surface area (Å²) in [6.07, 6.45) is 0.396. The summed E-state index contributed by atoms with van der Waals surface area (Å²) in [5, 5.41) is 5.73. The molecule has 0 saturated carbocycles. The third-order valence-electron chi connectivity index (χ3n) is 3.43. The number of rotatable bonds is 5. The van der Waals surface area contributed by atoms with Gasteiger partial charge in [0, 0.05) is 13.0 Å². The Morgan fingerprint density at radius 2 is 1.54 bits per heavy atom. The van der Waals surface area contributed by atoms with Gasteiger partial charge in [-0.2, -0.15) is 0 Å². The third-order valence-corrected chi connectivity index (χ3v) is 3.43. The Morgan fingerprint density at radius 3 is 2.21 bits per heavy atom. The van der Waals surface area contributed by atoms with E-state index >= 15 is 0 Å². The first-order chi connectivity index (χ1) is 11.3. The maximum absolute atomic E-state index is 12.4. The topological polar surface area (TPSA) is 58.2 Å². The van der Waals surface area contributed by atoms with Gasteiger partial charge in [-0.3, -0.25) is 9.59 Å². The van der Waals surface area contributed by atoms with Crippen LogP contribution in [0.4, 0.5) is 5.69 Å². The molecule has 0 aliphatic heterocycles. The van der Waals surface area contributed by atoms with Crippen molar-refractivity contribution in [3.8, 4) is 0 Å². The second kappa shape index (κ2) is 7.77. The number of nitrogens with one attached hydrogen (secondary N) is 2. The quantitative estimate of drug-likeness (QED) is 0.873. The number of para-hydroxylation sites is 1. The molecule has 0 bridgehead atoms. The van der Waals surface area contributed by atoms with Crippen molar-refractivity contribution in [3.05, 3.63) is 65.7 Å². The fourth-order valence-corrected chi connectivity index (χ4v) is 2.34. The fraction of sp³-hybridized carbons (Fsp3) is 0.300. The lowest BCUT2D eigenvalue weighted by Gasteiger charge is -2.18. The van der Waals surface area contributed by atoms with E-state index in [1.54, 1.807) is 24.3 Å². The Bertz CT molecular complexity index is 703. The van der Waals surface area contributed by atoms with Crippen molar-refractivity contribution in [2.24, 2.45) is 5.41 Å². The first kappa shape index (κ1) is 17.7. The fourth-order valence-electron chi connectivity index (χ4n) is 2.34. The molecule has 0 saturated heterocycles. The molecule has 2 aromatic carbocycles. The minimum atomic E-state index is -0.203. The zero-order chi connectivity index (χ0) is 17.6. The molecular weight excluding hydrogens is 300 g/mol. The molecule has 2 aromatic rings. The first-order valence-corrected chi connectivity index (χ1v) is 8.06. The summed E-state index contributed by atoms with van der Waals surface area (Å²) >= 11 is 0. The van der Waals surface area contributed by atoms with Crippen LogP contribution in [0.2, 0.25) is 0 Å². The molecule has 0 heterocycles. The van der Waals surface area contributed by atoms with E-state index < -0.39 is 0 Å². The van der Waals surface area contributed by atoms with Gasteiger partial charge in [-0.05, 0) is 23.1 Å². The summed E-state index contributed by atoms with van der Waals surface area (Å²) in [5.41, 5.74) is 1.93. The molecule has 0 fully saturated rings. The van der Waals surface area contributed by atoms with Crippen molar-refractivity contribution in [1.29, 1.82) is 0 Å². The molecule has 126 valence electrons. The van der Waals surface area contributed by atoms with E-state index in [2.05, 4.69) is 10.6 Å². The Hall–Kier alpha value is -2.62. The molecule has 0 aliphatic rings. The van der Waals surface area contributed by atoms with Crippen molar-refractivity contribution in [3.63, 3.8) is 0 Å². The van der Waals surface area contributed by atoms with Crippen molar-refractivity contribution in [2.45, 2.75) is 33.7 Å². The van der Waals surface area contributed by atoms with E-state index in [0.29, 0.717) is 24.2 Å². The molecule has 0 aliphatic carbocycles. The Balaban J connectivity index is 2.04. The van der Waals surface area contributed by atoms with Crippen molar-refractivity contribution < 1.29 is 9.59 Å². The summed E-state index contributed by atoms with van der Waals surface area (Å²) in [7, 11) is 0. The van der Waals surface area contributed by atoms with Gasteiger partial charge in [0.1, 0.15) is 0 Å². The first-order valence-electron chi connectivity index (χ1n) is 8.06. The minimum absolute atomic E-state index is 0.0918. The number of hydrogen-bond donors (Lipinski definition) is 2. The van der Waals surface area contributed by atoms with Crippen LogP contribution >= 0.6 is 0 Å². The average Bonchev–Trinajstić information content (AvgIpc) is 2.52. The van der Waals surface area contributed by atoms with Crippen LogP contribution < -0.4 is 10.6 Å². The van der Waals surface area contributed by atoms with Crippen LogP contribution in [0.1, 0.15) is 43.1 Å². The van der Waals surface area contributed by atoms with Crippen LogP contribution in [-0.4, -0.2) is 11.8 Å². The van der Waals surface area contributed by atoms with Gasteiger partial charge in [-0.25, -0.2) is 0 Å². The van der Waals surface area contributed by atoms with E-state index in [-0.39, 0.29) is 17.2 Å². The summed E-state index contributed by atoms with van der Waals surface area (Å²) in [6, 6.07) is 16.8. The minimum Gasteiger partial charge on any atom is -0.348 e. The zero-order valence-electron chi connectivity index (χ0n) is 14.4. The van der Waals surface area contributed by atoms with Crippen LogP contribution in [-0.2, 0) is 11.3 Å². The summed E-state index contributed by atoms with van der Waals surface area (Å²) in [4.78, 5) is 24.6. The van der Waals surface area contributed by atoms with E-state index in [0.717, 1.165) is 5.56 Å². The number of carbonyl (C=O) groups is 2. The highest BCUT2D eigenvalue weighted by atomic mass is 16.2. The van der Waals surface area contributed by atoms with E-state index in [1.807, 2.05) is 51.1 Å². The molecular formula is C20H24N2O2.